The average Bonchev–Trinajstić information content (AvgIpc) is 2.26. The number of carbonyl (C=O) groups excluding carboxylic acids is 1. The summed E-state index contributed by atoms with van der Waals surface area (Å²) in [7, 11) is -7.75. The van der Waals surface area contributed by atoms with E-state index >= 15 is 0 Å². The third-order valence-electron chi connectivity index (χ3n) is 2.38. The Kier molecular flexibility index (Phi) is 4.80. The third kappa shape index (κ3) is 3.92. The lowest BCUT2D eigenvalue weighted by Crippen LogP contribution is -2.42. The van der Waals surface area contributed by atoms with Crippen LogP contribution in [0.25, 0.3) is 0 Å². The SMILES string of the molecule is C[C@H](NS(=O)(=O)c1cc(S(C)(=O)=O)ccc1Cl)C(N)=O. The molecule has 7 nitrogen and oxygen atoms in total. The maximum Gasteiger partial charge on any atom is 0.242 e. The smallest absolute Gasteiger partial charge is 0.242 e. The van der Waals surface area contributed by atoms with Crippen LogP contribution < -0.4 is 10.5 Å². The number of nitrogens with one attached hydrogen (secondary N) is 1. The molecule has 20 heavy (non-hydrogen) atoms. The zero-order chi connectivity index (χ0) is 15.7. The van der Waals surface area contributed by atoms with Crippen LogP contribution in [0, 0.1) is 0 Å². The van der Waals surface area contributed by atoms with Crippen LogP contribution in [0.5, 0.6) is 0 Å². The van der Waals surface area contributed by atoms with Crippen molar-refractivity contribution in [2.45, 2.75) is 22.8 Å². The highest BCUT2D eigenvalue weighted by atomic mass is 35.5. The highest BCUT2D eigenvalue weighted by molar-refractivity contribution is 7.91. The van der Waals surface area contributed by atoms with Crippen LogP contribution in [-0.2, 0) is 24.7 Å². The fraction of sp³-hybridized carbons (Fsp3) is 0.300. The fourth-order valence-corrected chi connectivity index (χ4v) is 3.73. The molecule has 112 valence electrons. The summed E-state index contributed by atoms with van der Waals surface area (Å²) in [6, 6.07) is 2.11. The second kappa shape index (κ2) is 5.68. The van der Waals surface area contributed by atoms with Crippen LogP contribution in [-0.4, -0.2) is 35.0 Å². The fourth-order valence-electron chi connectivity index (χ4n) is 1.27. The van der Waals surface area contributed by atoms with E-state index < -0.39 is 36.7 Å². The Morgan fingerprint density at radius 3 is 2.30 bits per heavy atom. The van der Waals surface area contributed by atoms with Gasteiger partial charge in [-0.05, 0) is 25.1 Å². The van der Waals surface area contributed by atoms with Crippen molar-refractivity contribution in [1.29, 1.82) is 0 Å². The number of carbonyl (C=O) groups is 1. The molecule has 0 aliphatic heterocycles. The highest BCUT2D eigenvalue weighted by Crippen LogP contribution is 2.24. The number of halogens is 1. The molecule has 0 heterocycles. The first-order valence-electron chi connectivity index (χ1n) is 5.26. The van der Waals surface area contributed by atoms with Crippen LogP contribution in [0.15, 0.2) is 28.0 Å². The molecule has 1 aromatic rings. The van der Waals surface area contributed by atoms with Crippen LogP contribution in [0.3, 0.4) is 0 Å². The molecule has 0 bridgehead atoms. The molecule has 0 aromatic heterocycles. The van der Waals surface area contributed by atoms with E-state index in [4.69, 9.17) is 17.3 Å². The summed E-state index contributed by atoms with van der Waals surface area (Å²) in [5.41, 5.74) is 4.96. The normalized spacial score (nSPS) is 13.9. The van der Waals surface area contributed by atoms with Crippen molar-refractivity contribution in [2.75, 3.05) is 6.26 Å². The zero-order valence-electron chi connectivity index (χ0n) is 10.6. The van der Waals surface area contributed by atoms with E-state index in [9.17, 15) is 21.6 Å². The number of benzene rings is 1. The molecule has 3 N–H and O–H groups in total. The van der Waals surface area contributed by atoms with Gasteiger partial charge in [0.15, 0.2) is 9.84 Å². The number of sulfone groups is 1. The number of hydrogen-bond acceptors (Lipinski definition) is 5. The lowest BCUT2D eigenvalue weighted by atomic mass is 10.4. The lowest BCUT2D eigenvalue weighted by Gasteiger charge is -2.12. The van der Waals surface area contributed by atoms with Crippen molar-refractivity contribution in [3.8, 4) is 0 Å². The Balaban J connectivity index is 3.35. The predicted octanol–water partition coefficient (Wildman–Crippen LogP) is -0.104. The molecule has 0 radical (unpaired) electrons. The van der Waals surface area contributed by atoms with Gasteiger partial charge in [0.05, 0.1) is 16.0 Å². The number of nitrogens with two attached hydrogens (primary N) is 1. The zero-order valence-corrected chi connectivity index (χ0v) is 13.0. The molecule has 0 spiro atoms. The van der Waals surface area contributed by atoms with Crippen LogP contribution in [0.2, 0.25) is 5.02 Å². The van der Waals surface area contributed by atoms with E-state index in [0.29, 0.717) is 0 Å². The first kappa shape index (κ1) is 16.9. The molecule has 0 aliphatic carbocycles. The summed E-state index contributed by atoms with van der Waals surface area (Å²) in [6.45, 7) is 1.26. The number of amides is 1. The molecule has 0 saturated carbocycles. The molecule has 10 heteroatoms. The molecule has 1 amide bonds. The van der Waals surface area contributed by atoms with Gasteiger partial charge < -0.3 is 5.73 Å². The van der Waals surface area contributed by atoms with Gasteiger partial charge in [0, 0.05) is 6.26 Å². The second-order valence-corrected chi connectivity index (χ2v) is 8.22. The summed E-state index contributed by atoms with van der Waals surface area (Å²) in [5, 5.41) is -0.165. The average molecular weight is 341 g/mol. The Labute approximate surface area is 122 Å². The summed E-state index contributed by atoms with van der Waals surface area (Å²) < 4.78 is 49.0. The summed E-state index contributed by atoms with van der Waals surface area (Å²) in [6.07, 6.45) is 0.937. The van der Waals surface area contributed by atoms with E-state index in [0.717, 1.165) is 18.4 Å². The lowest BCUT2D eigenvalue weighted by molar-refractivity contribution is -0.119. The first-order chi connectivity index (χ1) is 8.95. The predicted molar refractivity (Wildman–Crippen MR) is 73.5 cm³/mol. The number of primary amides is 1. The monoisotopic (exact) mass is 340 g/mol. The minimum absolute atomic E-state index is 0.165. The molecule has 1 rings (SSSR count). The molecule has 0 unspecified atom stereocenters. The van der Waals surface area contributed by atoms with E-state index in [2.05, 4.69) is 0 Å². The van der Waals surface area contributed by atoms with Crippen LogP contribution in [0.1, 0.15) is 6.92 Å². The number of rotatable bonds is 5. The Hall–Kier alpha value is -1.16. The Morgan fingerprint density at radius 2 is 1.85 bits per heavy atom. The van der Waals surface area contributed by atoms with E-state index in [1.807, 2.05) is 4.72 Å². The van der Waals surface area contributed by atoms with Crippen molar-refractivity contribution in [3.05, 3.63) is 23.2 Å². The van der Waals surface area contributed by atoms with Gasteiger partial charge in [0.25, 0.3) is 0 Å². The van der Waals surface area contributed by atoms with Crippen molar-refractivity contribution in [1.82, 2.24) is 4.72 Å². The highest BCUT2D eigenvalue weighted by Gasteiger charge is 2.24. The van der Waals surface area contributed by atoms with Gasteiger partial charge in [-0.15, -0.1) is 0 Å². The maximum atomic E-state index is 12.0. The summed E-state index contributed by atoms with van der Waals surface area (Å²) in [4.78, 5) is 10.3. The molecule has 0 saturated heterocycles. The molecule has 1 aromatic carbocycles. The molecule has 0 aliphatic rings. The largest absolute Gasteiger partial charge is 0.368 e. The van der Waals surface area contributed by atoms with E-state index in [1.165, 1.54) is 13.0 Å². The second-order valence-electron chi connectivity index (χ2n) is 4.11. The van der Waals surface area contributed by atoms with Gasteiger partial charge in [-0.3, -0.25) is 4.79 Å². The van der Waals surface area contributed by atoms with Gasteiger partial charge in [0.1, 0.15) is 4.90 Å². The molecule has 1 atom stereocenters. The van der Waals surface area contributed by atoms with Crippen molar-refractivity contribution in [2.24, 2.45) is 5.73 Å². The molecule has 0 fully saturated rings. The van der Waals surface area contributed by atoms with Gasteiger partial charge in [0.2, 0.25) is 15.9 Å². The maximum absolute atomic E-state index is 12.0. The standard InChI is InChI=1S/C10H13ClN2O5S2/c1-6(10(12)14)13-20(17,18)9-5-7(19(2,15)16)3-4-8(9)11/h3-6,13H,1-2H3,(H2,12,14)/t6-/m0/s1. The number of sulfonamides is 1. The van der Waals surface area contributed by atoms with E-state index in [1.54, 1.807) is 0 Å². The van der Waals surface area contributed by atoms with E-state index in [-0.39, 0.29) is 9.92 Å². The minimum Gasteiger partial charge on any atom is -0.368 e. The van der Waals surface area contributed by atoms with Crippen molar-refractivity contribution >= 4 is 37.4 Å². The summed E-state index contributed by atoms with van der Waals surface area (Å²) >= 11 is 5.76. The summed E-state index contributed by atoms with van der Waals surface area (Å²) in [5.74, 6) is -0.871. The molecular weight excluding hydrogens is 328 g/mol. The van der Waals surface area contributed by atoms with Gasteiger partial charge in [-0.25, -0.2) is 16.8 Å². The topological polar surface area (TPSA) is 123 Å². The van der Waals surface area contributed by atoms with Crippen molar-refractivity contribution < 1.29 is 21.6 Å². The first-order valence-corrected chi connectivity index (χ1v) is 9.01. The van der Waals surface area contributed by atoms with Crippen molar-refractivity contribution in [3.63, 3.8) is 0 Å². The Morgan fingerprint density at radius 1 is 1.30 bits per heavy atom. The third-order valence-corrected chi connectivity index (χ3v) is 5.51. The Bertz CT molecular complexity index is 743. The van der Waals surface area contributed by atoms with Gasteiger partial charge in [-0.2, -0.15) is 4.72 Å². The van der Waals surface area contributed by atoms with Gasteiger partial charge in [-0.1, -0.05) is 11.6 Å². The van der Waals surface area contributed by atoms with Crippen LogP contribution >= 0.6 is 11.6 Å². The minimum atomic E-state index is -4.17. The molecular formula is C10H13ClN2O5S2. The number of hydrogen-bond donors (Lipinski definition) is 2. The van der Waals surface area contributed by atoms with Gasteiger partial charge >= 0.3 is 0 Å². The quantitative estimate of drug-likeness (QED) is 0.774. The van der Waals surface area contributed by atoms with Crippen LogP contribution in [0.4, 0.5) is 0 Å².